The Morgan fingerprint density at radius 3 is 2.30 bits per heavy atom. The second kappa shape index (κ2) is 3.89. The van der Waals surface area contributed by atoms with Crippen molar-refractivity contribution in [2.75, 3.05) is 0 Å². The van der Waals surface area contributed by atoms with Crippen LogP contribution in [0.15, 0.2) is 11.4 Å². The van der Waals surface area contributed by atoms with Crippen LogP contribution in [0.5, 0.6) is 0 Å². The standard InChI is InChI=1S/C18H27NS/c1-12-4-14(8-20-12)15(19)18-7-13-5-16(2,10-18)9-17(3,6-13)11-18/h4,8,13,15H,5-7,9-11,19H2,1-3H3. The summed E-state index contributed by atoms with van der Waals surface area (Å²) in [7, 11) is 0. The molecule has 110 valence electrons. The molecule has 3 unspecified atom stereocenters. The van der Waals surface area contributed by atoms with Crippen molar-refractivity contribution in [3.05, 3.63) is 21.9 Å². The first-order valence-corrected chi connectivity index (χ1v) is 9.00. The van der Waals surface area contributed by atoms with E-state index in [9.17, 15) is 0 Å². The number of aryl methyl sites for hydroxylation is 1. The Hall–Kier alpha value is -0.340. The number of hydrogen-bond acceptors (Lipinski definition) is 2. The highest BCUT2D eigenvalue weighted by atomic mass is 32.1. The Morgan fingerprint density at radius 1 is 1.15 bits per heavy atom. The van der Waals surface area contributed by atoms with E-state index in [0.717, 1.165) is 5.92 Å². The smallest absolute Gasteiger partial charge is 0.0361 e. The largest absolute Gasteiger partial charge is 0.323 e. The average Bonchev–Trinajstić information content (AvgIpc) is 2.69. The van der Waals surface area contributed by atoms with Gasteiger partial charge in [-0.3, -0.25) is 0 Å². The van der Waals surface area contributed by atoms with Gasteiger partial charge in [0.25, 0.3) is 0 Å². The molecule has 0 spiro atoms. The minimum absolute atomic E-state index is 0.259. The summed E-state index contributed by atoms with van der Waals surface area (Å²) in [5, 5.41) is 2.31. The lowest BCUT2D eigenvalue weighted by molar-refractivity contribution is -0.154. The normalized spacial score (nSPS) is 47.7. The minimum atomic E-state index is 0.259. The van der Waals surface area contributed by atoms with Gasteiger partial charge in [0.15, 0.2) is 0 Å². The summed E-state index contributed by atoms with van der Waals surface area (Å²) in [5.74, 6) is 0.937. The Balaban J connectivity index is 1.73. The molecule has 4 fully saturated rings. The summed E-state index contributed by atoms with van der Waals surface area (Å²) in [4.78, 5) is 1.40. The quantitative estimate of drug-likeness (QED) is 0.809. The predicted molar refractivity (Wildman–Crippen MR) is 85.8 cm³/mol. The Kier molecular flexibility index (Phi) is 2.60. The first kappa shape index (κ1) is 13.3. The van der Waals surface area contributed by atoms with Crippen LogP contribution in [-0.2, 0) is 0 Å². The van der Waals surface area contributed by atoms with E-state index in [1.54, 1.807) is 0 Å². The third kappa shape index (κ3) is 1.84. The Bertz CT molecular complexity index is 527. The molecule has 2 heteroatoms. The van der Waals surface area contributed by atoms with Gasteiger partial charge >= 0.3 is 0 Å². The maximum atomic E-state index is 6.83. The highest BCUT2D eigenvalue weighted by molar-refractivity contribution is 7.10. The Labute approximate surface area is 127 Å². The summed E-state index contributed by atoms with van der Waals surface area (Å²) in [5.41, 5.74) is 9.75. The van der Waals surface area contributed by atoms with E-state index >= 15 is 0 Å². The molecule has 20 heavy (non-hydrogen) atoms. The van der Waals surface area contributed by atoms with E-state index in [1.165, 1.54) is 49.0 Å². The van der Waals surface area contributed by atoms with Gasteiger partial charge in [0, 0.05) is 10.9 Å². The molecule has 3 atom stereocenters. The molecule has 0 amide bonds. The van der Waals surface area contributed by atoms with Gasteiger partial charge in [0.2, 0.25) is 0 Å². The molecule has 1 aromatic heterocycles. The van der Waals surface area contributed by atoms with Crippen molar-refractivity contribution in [2.45, 2.75) is 65.3 Å². The first-order valence-electron chi connectivity index (χ1n) is 8.12. The maximum absolute atomic E-state index is 6.83. The van der Waals surface area contributed by atoms with E-state index in [2.05, 4.69) is 32.2 Å². The second-order valence-electron chi connectivity index (χ2n) is 8.96. The number of thiophene rings is 1. The maximum Gasteiger partial charge on any atom is 0.0361 e. The number of nitrogens with two attached hydrogens (primary N) is 1. The van der Waals surface area contributed by atoms with Crippen molar-refractivity contribution >= 4 is 11.3 Å². The van der Waals surface area contributed by atoms with E-state index in [0.29, 0.717) is 16.2 Å². The van der Waals surface area contributed by atoms with Crippen LogP contribution in [0.4, 0.5) is 0 Å². The zero-order chi connectivity index (χ0) is 14.2. The summed E-state index contributed by atoms with van der Waals surface area (Å²) < 4.78 is 0. The third-order valence-corrected chi connectivity index (χ3v) is 7.32. The molecule has 1 aromatic rings. The minimum Gasteiger partial charge on any atom is -0.323 e. The molecule has 0 aromatic carbocycles. The van der Waals surface area contributed by atoms with Crippen LogP contribution in [0, 0.1) is 29.1 Å². The SMILES string of the molecule is Cc1cc(C(N)C23CC4CC(C)(CC(C)(C4)C2)C3)cs1. The molecular weight excluding hydrogens is 262 g/mol. The fourth-order valence-corrected chi connectivity index (χ4v) is 7.60. The van der Waals surface area contributed by atoms with E-state index in [4.69, 9.17) is 5.73 Å². The Morgan fingerprint density at radius 2 is 1.80 bits per heavy atom. The van der Waals surface area contributed by atoms with Gasteiger partial charge in [0.1, 0.15) is 0 Å². The fourth-order valence-electron chi connectivity index (χ4n) is 6.86. The fraction of sp³-hybridized carbons (Fsp3) is 0.778. The van der Waals surface area contributed by atoms with Gasteiger partial charge in [-0.2, -0.15) is 0 Å². The molecule has 0 aliphatic heterocycles. The monoisotopic (exact) mass is 289 g/mol. The highest BCUT2D eigenvalue weighted by Gasteiger charge is 2.61. The lowest BCUT2D eigenvalue weighted by Gasteiger charge is -2.66. The topological polar surface area (TPSA) is 26.0 Å². The van der Waals surface area contributed by atoms with E-state index < -0.39 is 0 Å². The average molecular weight is 289 g/mol. The lowest BCUT2D eigenvalue weighted by Crippen LogP contribution is -2.58. The van der Waals surface area contributed by atoms with Crippen molar-refractivity contribution in [1.82, 2.24) is 0 Å². The van der Waals surface area contributed by atoms with Crippen LogP contribution in [0.3, 0.4) is 0 Å². The van der Waals surface area contributed by atoms with E-state index in [-0.39, 0.29) is 6.04 Å². The van der Waals surface area contributed by atoms with Crippen molar-refractivity contribution in [3.8, 4) is 0 Å². The van der Waals surface area contributed by atoms with E-state index in [1.807, 2.05) is 11.3 Å². The molecule has 1 nitrogen and oxygen atoms in total. The molecule has 4 aliphatic rings. The molecule has 5 rings (SSSR count). The summed E-state index contributed by atoms with van der Waals surface area (Å²) in [6, 6.07) is 2.59. The summed E-state index contributed by atoms with van der Waals surface area (Å²) >= 11 is 1.85. The summed E-state index contributed by atoms with van der Waals surface area (Å²) in [6.45, 7) is 7.27. The van der Waals surface area contributed by atoms with Crippen molar-refractivity contribution in [1.29, 1.82) is 0 Å². The number of hydrogen-bond donors (Lipinski definition) is 1. The van der Waals surface area contributed by atoms with Crippen LogP contribution in [0.25, 0.3) is 0 Å². The van der Waals surface area contributed by atoms with Crippen molar-refractivity contribution in [2.24, 2.45) is 27.9 Å². The van der Waals surface area contributed by atoms with Gasteiger partial charge < -0.3 is 5.73 Å². The lowest BCUT2D eigenvalue weighted by atomic mass is 9.39. The van der Waals surface area contributed by atoms with Crippen LogP contribution < -0.4 is 5.73 Å². The van der Waals surface area contributed by atoms with Crippen LogP contribution in [-0.4, -0.2) is 0 Å². The predicted octanol–water partition coefficient (Wildman–Crippen LogP) is 5.05. The molecule has 4 saturated carbocycles. The third-order valence-electron chi connectivity index (χ3n) is 6.44. The first-order chi connectivity index (χ1) is 9.32. The molecule has 0 saturated heterocycles. The van der Waals surface area contributed by atoms with Gasteiger partial charge in [-0.15, -0.1) is 11.3 Å². The molecule has 2 N–H and O–H groups in total. The van der Waals surface area contributed by atoms with Gasteiger partial charge in [-0.25, -0.2) is 0 Å². The molecule has 4 aliphatic carbocycles. The van der Waals surface area contributed by atoms with Crippen molar-refractivity contribution in [3.63, 3.8) is 0 Å². The molecule has 0 radical (unpaired) electrons. The molecular formula is C18H27NS. The highest BCUT2D eigenvalue weighted by Crippen LogP contribution is 2.71. The zero-order valence-corrected chi connectivity index (χ0v) is 13.9. The van der Waals surface area contributed by atoms with Crippen molar-refractivity contribution < 1.29 is 0 Å². The van der Waals surface area contributed by atoms with Gasteiger partial charge in [-0.1, -0.05) is 13.8 Å². The van der Waals surface area contributed by atoms with Crippen LogP contribution in [0.1, 0.15) is 68.9 Å². The van der Waals surface area contributed by atoms with Crippen LogP contribution in [0.2, 0.25) is 0 Å². The van der Waals surface area contributed by atoms with Crippen LogP contribution >= 0.6 is 11.3 Å². The molecule has 1 heterocycles. The number of rotatable bonds is 2. The summed E-state index contributed by atoms with van der Waals surface area (Å²) in [6.07, 6.45) is 8.46. The molecule has 4 bridgehead atoms. The van der Waals surface area contributed by atoms with Gasteiger partial charge in [0.05, 0.1) is 0 Å². The van der Waals surface area contributed by atoms with Gasteiger partial charge in [-0.05, 0) is 84.6 Å². The zero-order valence-electron chi connectivity index (χ0n) is 13.0. The second-order valence-corrected chi connectivity index (χ2v) is 10.1.